The summed E-state index contributed by atoms with van der Waals surface area (Å²) in [5.41, 5.74) is 6.65. The molecule has 2 atom stereocenters. The number of nitriles is 1. The van der Waals surface area contributed by atoms with Crippen LogP contribution in [0.2, 0.25) is 0 Å². The highest BCUT2D eigenvalue weighted by Gasteiger charge is 2.13. The number of anilines is 1. The monoisotopic (exact) mass is 223 g/mol. The molecular formula is C10H13N3OS. The van der Waals surface area contributed by atoms with E-state index in [1.165, 1.54) is 18.0 Å². The van der Waals surface area contributed by atoms with Crippen molar-refractivity contribution in [3.05, 3.63) is 17.8 Å². The zero-order valence-corrected chi connectivity index (χ0v) is 9.45. The van der Waals surface area contributed by atoms with Gasteiger partial charge in [-0.2, -0.15) is 5.26 Å². The zero-order chi connectivity index (χ0) is 11.4. The minimum absolute atomic E-state index is 0.0211. The van der Waals surface area contributed by atoms with Crippen molar-refractivity contribution in [3.63, 3.8) is 0 Å². The lowest BCUT2D eigenvalue weighted by Crippen LogP contribution is -2.15. The topological polar surface area (TPSA) is 82.9 Å². The minimum atomic E-state index is -0.424. The van der Waals surface area contributed by atoms with E-state index < -0.39 is 6.10 Å². The fourth-order valence-corrected chi connectivity index (χ4v) is 1.76. The molecule has 0 spiro atoms. The number of hydrogen-bond acceptors (Lipinski definition) is 5. The Labute approximate surface area is 93.1 Å². The minimum Gasteiger partial charge on any atom is -0.397 e. The molecule has 1 aromatic rings. The van der Waals surface area contributed by atoms with Gasteiger partial charge in [-0.25, -0.2) is 4.98 Å². The highest BCUT2D eigenvalue weighted by atomic mass is 32.2. The van der Waals surface area contributed by atoms with Crippen molar-refractivity contribution in [2.24, 2.45) is 0 Å². The number of nitrogens with zero attached hydrogens (tertiary/aromatic N) is 2. The van der Waals surface area contributed by atoms with Crippen LogP contribution >= 0.6 is 11.8 Å². The second-order valence-corrected chi connectivity index (χ2v) is 4.66. The molecule has 0 aliphatic heterocycles. The Bertz CT molecular complexity index is 387. The molecule has 0 aromatic carbocycles. The van der Waals surface area contributed by atoms with Crippen LogP contribution in [0.25, 0.3) is 0 Å². The molecule has 1 heterocycles. The van der Waals surface area contributed by atoms with E-state index in [-0.39, 0.29) is 5.25 Å². The van der Waals surface area contributed by atoms with E-state index in [9.17, 15) is 5.11 Å². The molecule has 2 unspecified atom stereocenters. The lowest BCUT2D eigenvalue weighted by atomic mass is 10.3. The van der Waals surface area contributed by atoms with Gasteiger partial charge >= 0.3 is 0 Å². The predicted octanol–water partition coefficient (Wildman–Crippen LogP) is 1.40. The lowest BCUT2D eigenvalue weighted by molar-refractivity contribution is 0.196. The highest BCUT2D eigenvalue weighted by Crippen LogP contribution is 2.28. The fraction of sp³-hybridized carbons (Fsp3) is 0.400. The molecule has 0 radical (unpaired) electrons. The quantitative estimate of drug-likeness (QED) is 0.757. The standard InChI is InChI=1S/C10H13N3OS/c1-6(14)7(2)15-10-9(12)3-8(4-11)5-13-10/h3,5-7,14H,12H2,1-2H3. The molecule has 1 aromatic heterocycles. The summed E-state index contributed by atoms with van der Waals surface area (Å²) in [6, 6.07) is 3.56. The average Bonchev–Trinajstić information content (AvgIpc) is 2.20. The Morgan fingerprint density at radius 3 is 2.73 bits per heavy atom. The van der Waals surface area contributed by atoms with E-state index >= 15 is 0 Å². The molecule has 15 heavy (non-hydrogen) atoms. The first-order valence-electron chi connectivity index (χ1n) is 4.55. The Morgan fingerprint density at radius 1 is 1.60 bits per heavy atom. The molecule has 0 aliphatic carbocycles. The van der Waals surface area contributed by atoms with Crippen molar-refractivity contribution < 1.29 is 5.11 Å². The van der Waals surface area contributed by atoms with Gasteiger partial charge in [-0.05, 0) is 13.0 Å². The molecule has 0 bridgehead atoms. The van der Waals surface area contributed by atoms with E-state index in [2.05, 4.69) is 4.98 Å². The Hall–Kier alpha value is -1.25. The number of pyridine rings is 1. The van der Waals surface area contributed by atoms with Crippen LogP contribution in [0, 0.1) is 11.3 Å². The molecule has 0 saturated carbocycles. The van der Waals surface area contributed by atoms with Crippen LogP contribution in [0.1, 0.15) is 19.4 Å². The van der Waals surface area contributed by atoms with Crippen LogP contribution in [0.5, 0.6) is 0 Å². The number of aromatic nitrogens is 1. The first kappa shape index (κ1) is 11.8. The van der Waals surface area contributed by atoms with Crippen molar-refractivity contribution in [2.45, 2.75) is 30.2 Å². The summed E-state index contributed by atoms with van der Waals surface area (Å²) in [5.74, 6) is 0. The number of aliphatic hydroxyl groups excluding tert-OH is 1. The summed E-state index contributed by atoms with van der Waals surface area (Å²) in [6.45, 7) is 3.62. The molecule has 0 fully saturated rings. The number of hydrogen-bond donors (Lipinski definition) is 2. The number of rotatable bonds is 3. The summed E-state index contributed by atoms with van der Waals surface area (Å²) >= 11 is 1.40. The lowest BCUT2D eigenvalue weighted by Gasteiger charge is -2.14. The normalized spacial score (nSPS) is 14.3. The summed E-state index contributed by atoms with van der Waals surface area (Å²) in [7, 11) is 0. The summed E-state index contributed by atoms with van der Waals surface area (Å²) < 4.78 is 0. The number of thioether (sulfide) groups is 1. The zero-order valence-electron chi connectivity index (χ0n) is 8.64. The molecule has 5 heteroatoms. The number of aliphatic hydroxyl groups is 1. The maximum absolute atomic E-state index is 9.33. The van der Waals surface area contributed by atoms with Gasteiger partial charge in [0, 0.05) is 11.4 Å². The third kappa shape index (κ3) is 3.11. The molecule has 80 valence electrons. The Balaban J connectivity index is 2.84. The van der Waals surface area contributed by atoms with E-state index in [1.54, 1.807) is 13.0 Å². The largest absolute Gasteiger partial charge is 0.397 e. The van der Waals surface area contributed by atoms with Crippen molar-refractivity contribution in [2.75, 3.05) is 5.73 Å². The maximum atomic E-state index is 9.33. The molecular weight excluding hydrogens is 210 g/mol. The van der Waals surface area contributed by atoms with Gasteiger partial charge in [0.15, 0.2) is 0 Å². The molecule has 1 rings (SSSR count). The van der Waals surface area contributed by atoms with Crippen LogP contribution in [0.3, 0.4) is 0 Å². The predicted molar refractivity (Wildman–Crippen MR) is 60.4 cm³/mol. The van der Waals surface area contributed by atoms with E-state index in [0.717, 1.165) is 0 Å². The maximum Gasteiger partial charge on any atom is 0.119 e. The molecule has 0 amide bonds. The van der Waals surface area contributed by atoms with Crippen LogP contribution in [0.15, 0.2) is 17.3 Å². The van der Waals surface area contributed by atoms with Gasteiger partial charge in [-0.1, -0.05) is 18.7 Å². The molecule has 0 aliphatic rings. The number of nitrogens with two attached hydrogens (primary N) is 1. The smallest absolute Gasteiger partial charge is 0.119 e. The van der Waals surface area contributed by atoms with E-state index in [0.29, 0.717) is 16.3 Å². The van der Waals surface area contributed by atoms with E-state index in [1.807, 2.05) is 13.0 Å². The fourth-order valence-electron chi connectivity index (χ4n) is 0.903. The van der Waals surface area contributed by atoms with Gasteiger partial charge in [0.1, 0.15) is 11.1 Å². The summed E-state index contributed by atoms with van der Waals surface area (Å²) in [5, 5.41) is 18.6. The first-order valence-corrected chi connectivity index (χ1v) is 5.43. The summed E-state index contributed by atoms with van der Waals surface area (Å²) in [4.78, 5) is 4.08. The SMILES string of the molecule is CC(O)C(C)Sc1ncc(C#N)cc1N. The first-order chi connectivity index (χ1) is 7.04. The van der Waals surface area contributed by atoms with Gasteiger partial charge in [-0.15, -0.1) is 0 Å². The Morgan fingerprint density at radius 2 is 2.27 bits per heavy atom. The molecule has 0 saturated heterocycles. The molecule has 3 N–H and O–H groups in total. The Kier molecular flexibility index (Phi) is 3.95. The van der Waals surface area contributed by atoms with Gasteiger partial charge < -0.3 is 10.8 Å². The van der Waals surface area contributed by atoms with Crippen LogP contribution in [-0.2, 0) is 0 Å². The van der Waals surface area contributed by atoms with Crippen molar-refractivity contribution in [1.82, 2.24) is 4.98 Å². The molecule has 4 nitrogen and oxygen atoms in total. The van der Waals surface area contributed by atoms with Crippen LogP contribution < -0.4 is 5.73 Å². The highest BCUT2D eigenvalue weighted by molar-refractivity contribution is 8.00. The second-order valence-electron chi connectivity index (χ2n) is 3.29. The average molecular weight is 223 g/mol. The van der Waals surface area contributed by atoms with Crippen molar-refractivity contribution in [1.29, 1.82) is 5.26 Å². The van der Waals surface area contributed by atoms with E-state index in [4.69, 9.17) is 11.0 Å². The van der Waals surface area contributed by atoms with Gasteiger partial charge in [-0.3, -0.25) is 0 Å². The second kappa shape index (κ2) is 5.01. The van der Waals surface area contributed by atoms with Gasteiger partial charge in [0.2, 0.25) is 0 Å². The van der Waals surface area contributed by atoms with Crippen LogP contribution in [0.4, 0.5) is 5.69 Å². The number of nitrogen functional groups attached to an aromatic ring is 1. The van der Waals surface area contributed by atoms with Gasteiger partial charge in [0.25, 0.3) is 0 Å². The van der Waals surface area contributed by atoms with Gasteiger partial charge in [0.05, 0.1) is 17.4 Å². The van der Waals surface area contributed by atoms with Crippen LogP contribution in [-0.4, -0.2) is 21.4 Å². The van der Waals surface area contributed by atoms with Crippen molar-refractivity contribution in [3.8, 4) is 6.07 Å². The summed E-state index contributed by atoms with van der Waals surface area (Å²) in [6.07, 6.45) is 1.06. The third-order valence-corrected chi connectivity index (χ3v) is 3.31. The third-order valence-electron chi connectivity index (χ3n) is 1.98. The van der Waals surface area contributed by atoms with Crippen molar-refractivity contribution >= 4 is 17.4 Å².